The van der Waals surface area contributed by atoms with Gasteiger partial charge in [0.05, 0.1) is 6.04 Å². The minimum Gasteiger partial charge on any atom is -0.341 e. The highest BCUT2D eigenvalue weighted by atomic mass is 35.5. The molecular weight excluding hydrogens is 586 g/mol. The van der Waals surface area contributed by atoms with Crippen LogP contribution in [0.5, 0.6) is 0 Å². The van der Waals surface area contributed by atoms with Gasteiger partial charge < -0.3 is 20.4 Å². The van der Waals surface area contributed by atoms with Crippen molar-refractivity contribution in [2.75, 3.05) is 31.5 Å². The lowest BCUT2D eigenvalue weighted by Gasteiger charge is -2.48. The van der Waals surface area contributed by atoms with Gasteiger partial charge in [0.25, 0.3) is 0 Å². The fraction of sp³-hybridized carbons (Fsp3) is 0.543. The van der Waals surface area contributed by atoms with Crippen LogP contribution in [-0.2, 0) is 17.8 Å². The molecule has 3 heterocycles. The van der Waals surface area contributed by atoms with Crippen LogP contribution in [0.15, 0.2) is 67.3 Å². The van der Waals surface area contributed by atoms with Crippen LogP contribution in [0.4, 0.5) is 10.5 Å². The quantitative estimate of drug-likeness (QED) is 0.301. The van der Waals surface area contributed by atoms with E-state index in [1.54, 1.807) is 6.33 Å². The van der Waals surface area contributed by atoms with E-state index in [0.29, 0.717) is 30.5 Å². The lowest BCUT2D eigenvalue weighted by molar-refractivity contribution is -0.137. The van der Waals surface area contributed by atoms with E-state index in [1.165, 1.54) is 32.1 Å². The van der Waals surface area contributed by atoms with Crippen LogP contribution in [0.2, 0.25) is 5.02 Å². The van der Waals surface area contributed by atoms with E-state index in [4.69, 9.17) is 11.6 Å². The first kappa shape index (κ1) is 31.5. The predicted molar refractivity (Wildman–Crippen MR) is 177 cm³/mol. The van der Waals surface area contributed by atoms with Gasteiger partial charge in [0.2, 0.25) is 5.91 Å². The molecule has 0 spiro atoms. The van der Waals surface area contributed by atoms with Crippen molar-refractivity contribution in [3.63, 3.8) is 0 Å². The first-order valence-corrected chi connectivity index (χ1v) is 17.1. The minimum absolute atomic E-state index is 0.0749. The third kappa shape index (κ3) is 8.05. The lowest BCUT2D eigenvalue weighted by Crippen LogP contribution is -2.56. The molecule has 2 saturated heterocycles. The zero-order valence-corrected chi connectivity index (χ0v) is 26.9. The minimum atomic E-state index is -0.335. The first-order valence-electron chi connectivity index (χ1n) is 16.7. The summed E-state index contributed by atoms with van der Waals surface area (Å²) >= 11 is 6.18. The second-order valence-electron chi connectivity index (χ2n) is 13.2. The molecule has 3 aliphatic rings. The Morgan fingerprint density at radius 3 is 2.27 bits per heavy atom. The van der Waals surface area contributed by atoms with Crippen LogP contribution in [0.25, 0.3) is 0 Å². The molecule has 2 N–H and O–H groups in total. The van der Waals surface area contributed by atoms with Crippen molar-refractivity contribution in [3.05, 3.63) is 77.8 Å². The van der Waals surface area contributed by atoms with E-state index in [1.807, 2.05) is 70.5 Å². The van der Waals surface area contributed by atoms with Gasteiger partial charge >= 0.3 is 6.03 Å². The summed E-state index contributed by atoms with van der Waals surface area (Å²) < 4.78 is 2.00. The van der Waals surface area contributed by atoms with E-state index in [-0.39, 0.29) is 29.4 Å². The molecule has 3 aromatic rings. The van der Waals surface area contributed by atoms with Gasteiger partial charge in [-0.1, -0.05) is 61.2 Å². The van der Waals surface area contributed by atoms with E-state index in [9.17, 15) is 9.59 Å². The topological polar surface area (TPSA) is 95.4 Å². The Hall–Kier alpha value is -3.43. The molecule has 3 fully saturated rings. The van der Waals surface area contributed by atoms with E-state index in [0.717, 1.165) is 56.6 Å². The number of likely N-dealkylation sites (tertiary alicyclic amines) is 2. The molecule has 6 rings (SSSR count). The Morgan fingerprint density at radius 2 is 1.60 bits per heavy atom. The maximum Gasteiger partial charge on any atom is 0.321 e. The number of rotatable bonds is 9. The number of carbonyl (C=O) groups is 2. The lowest BCUT2D eigenvalue weighted by atomic mass is 9.63. The van der Waals surface area contributed by atoms with Crippen LogP contribution in [0.3, 0.4) is 0 Å². The molecule has 3 amide bonds. The number of carbonyl (C=O) groups excluding carboxylic acids is 2. The standard InChI is InChI=1S/C35H46ClN7O2/c36-29-13-11-27(12-14-29)23-32(39-31-15-19-42(20-16-31)34(45)40-30-9-5-2-6-10-30)33(44)41-21-17-35(18-22-41,24-43-26-37-25-38-43)28-7-3-1-4-8-28/h2,5-6,9-14,25-26,28,31-32,39H,1,3-4,7-8,15-24H2,(H,40,45)/t32-/m1/s1. The average Bonchev–Trinajstić information content (AvgIpc) is 3.59. The van der Waals surface area contributed by atoms with Crippen molar-refractivity contribution in [1.29, 1.82) is 0 Å². The largest absolute Gasteiger partial charge is 0.341 e. The number of amides is 3. The number of benzene rings is 2. The third-order valence-corrected chi connectivity index (χ3v) is 10.6. The van der Waals surface area contributed by atoms with Crippen molar-refractivity contribution in [2.45, 2.75) is 82.8 Å². The molecule has 9 nitrogen and oxygen atoms in total. The van der Waals surface area contributed by atoms with Gasteiger partial charge in [-0.3, -0.25) is 9.48 Å². The summed E-state index contributed by atoms with van der Waals surface area (Å²) in [4.78, 5) is 35.3. The number of piperidine rings is 2. The number of nitrogens with zero attached hydrogens (tertiary/aromatic N) is 5. The summed E-state index contributed by atoms with van der Waals surface area (Å²) in [5.74, 6) is 0.840. The van der Waals surface area contributed by atoms with Gasteiger partial charge in [-0.25, -0.2) is 9.78 Å². The van der Waals surface area contributed by atoms with Crippen molar-refractivity contribution in [3.8, 4) is 0 Å². The zero-order valence-electron chi connectivity index (χ0n) is 26.1. The summed E-state index contributed by atoms with van der Waals surface area (Å²) in [5, 5.41) is 11.9. The van der Waals surface area contributed by atoms with Gasteiger partial charge in [0.1, 0.15) is 12.7 Å². The molecule has 0 bridgehead atoms. The molecule has 1 saturated carbocycles. The number of aromatic nitrogens is 3. The van der Waals surface area contributed by atoms with Crippen molar-refractivity contribution < 1.29 is 9.59 Å². The van der Waals surface area contributed by atoms with Crippen LogP contribution in [0.1, 0.15) is 63.4 Å². The normalized spacial score (nSPS) is 20.1. The van der Waals surface area contributed by atoms with Gasteiger partial charge in [0, 0.05) is 49.5 Å². The Morgan fingerprint density at radius 1 is 0.889 bits per heavy atom. The maximum atomic E-state index is 14.3. The Labute approximate surface area is 271 Å². The van der Waals surface area contributed by atoms with Crippen molar-refractivity contribution >= 4 is 29.2 Å². The van der Waals surface area contributed by atoms with Crippen molar-refractivity contribution in [1.82, 2.24) is 29.9 Å². The molecule has 45 heavy (non-hydrogen) atoms. The number of hydrogen-bond acceptors (Lipinski definition) is 5. The number of halogens is 1. The van der Waals surface area contributed by atoms with Crippen LogP contribution in [-0.4, -0.2) is 74.8 Å². The van der Waals surface area contributed by atoms with Gasteiger partial charge in [-0.15, -0.1) is 0 Å². The second-order valence-corrected chi connectivity index (χ2v) is 13.7. The third-order valence-electron chi connectivity index (χ3n) is 10.4. The number of para-hydroxylation sites is 1. The molecule has 0 unspecified atom stereocenters. The summed E-state index contributed by atoms with van der Waals surface area (Å²) in [5.41, 5.74) is 2.04. The maximum absolute atomic E-state index is 14.3. The smallest absolute Gasteiger partial charge is 0.321 e. The SMILES string of the molecule is O=C(Nc1ccccc1)N1CCC(N[C@H](Cc2ccc(Cl)cc2)C(=O)N2CCC(Cn3cncn3)(C3CCCCC3)CC2)CC1. The Kier molecular flexibility index (Phi) is 10.4. The molecule has 0 radical (unpaired) electrons. The summed E-state index contributed by atoms with van der Waals surface area (Å²) in [6, 6.07) is 17.1. The van der Waals surface area contributed by atoms with Crippen LogP contribution >= 0.6 is 11.6 Å². The van der Waals surface area contributed by atoms with Crippen LogP contribution in [0, 0.1) is 11.3 Å². The molecule has 10 heteroatoms. The van der Waals surface area contributed by atoms with E-state index >= 15 is 0 Å². The summed E-state index contributed by atoms with van der Waals surface area (Å²) in [7, 11) is 0. The average molecular weight is 632 g/mol. The van der Waals surface area contributed by atoms with E-state index < -0.39 is 0 Å². The van der Waals surface area contributed by atoms with Crippen LogP contribution < -0.4 is 10.6 Å². The van der Waals surface area contributed by atoms with Gasteiger partial charge in [0.15, 0.2) is 0 Å². The number of nitrogens with one attached hydrogen (secondary N) is 2. The molecule has 1 aromatic heterocycles. The molecule has 1 aliphatic carbocycles. The number of urea groups is 1. The zero-order chi connectivity index (χ0) is 31.1. The molecule has 240 valence electrons. The Bertz CT molecular complexity index is 1360. The highest BCUT2D eigenvalue weighted by Crippen LogP contribution is 2.47. The van der Waals surface area contributed by atoms with Crippen molar-refractivity contribution in [2.24, 2.45) is 11.3 Å². The van der Waals surface area contributed by atoms with Gasteiger partial charge in [-0.05, 0) is 86.1 Å². The monoisotopic (exact) mass is 631 g/mol. The second kappa shape index (κ2) is 14.8. The molecule has 2 aromatic carbocycles. The number of anilines is 1. The number of hydrogen-bond donors (Lipinski definition) is 2. The van der Waals surface area contributed by atoms with E-state index in [2.05, 4.69) is 25.6 Å². The Balaban J connectivity index is 1.10. The molecule has 2 aliphatic heterocycles. The molecular formula is C35H46ClN7O2. The summed E-state index contributed by atoms with van der Waals surface area (Å²) in [6.07, 6.45) is 14.1. The van der Waals surface area contributed by atoms with Gasteiger partial charge in [-0.2, -0.15) is 5.10 Å². The summed E-state index contributed by atoms with van der Waals surface area (Å²) in [6.45, 7) is 3.70. The fourth-order valence-corrected chi connectivity index (χ4v) is 7.90. The predicted octanol–water partition coefficient (Wildman–Crippen LogP) is 6.02. The molecule has 1 atom stereocenters. The highest BCUT2D eigenvalue weighted by Gasteiger charge is 2.44. The first-order chi connectivity index (χ1) is 22.0. The highest BCUT2D eigenvalue weighted by molar-refractivity contribution is 6.30. The fourth-order valence-electron chi connectivity index (χ4n) is 7.77.